The number of sulfonamides is 1. The second-order valence-electron chi connectivity index (χ2n) is 6.40. The lowest BCUT2D eigenvalue weighted by Gasteiger charge is -2.24. The van der Waals surface area contributed by atoms with Crippen molar-refractivity contribution < 1.29 is 12.9 Å². The average molecular weight is 405 g/mol. The minimum atomic E-state index is -3.52. The van der Waals surface area contributed by atoms with Gasteiger partial charge in [0.15, 0.2) is 5.76 Å². The van der Waals surface area contributed by atoms with Crippen LogP contribution in [0.15, 0.2) is 51.6 Å². The van der Waals surface area contributed by atoms with Gasteiger partial charge in [-0.25, -0.2) is 8.42 Å². The molecule has 4 heterocycles. The monoisotopic (exact) mass is 404 g/mol. The van der Waals surface area contributed by atoms with E-state index in [4.69, 9.17) is 4.52 Å². The van der Waals surface area contributed by atoms with E-state index in [1.165, 1.54) is 11.3 Å². The highest BCUT2D eigenvalue weighted by Gasteiger charge is 2.29. The second-order valence-corrected chi connectivity index (χ2v) is 9.65. The minimum absolute atomic E-state index is 0.336. The highest BCUT2D eigenvalue weighted by molar-refractivity contribution is 7.91. The van der Waals surface area contributed by atoms with Crippen LogP contribution >= 0.6 is 11.3 Å². The lowest BCUT2D eigenvalue weighted by atomic mass is 10.2. The molecule has 3 aromatic heterocycles. The Kier molecular flexibility index (Phi) is 4.98. The topological polar surface area (TPSA) is 79.5 Å². The van der Waals surface area contributed by atoms with Gasteiger partial charge in [-0.05, 0) is 37.1 Å². The molecule has 3 aromatic rings. The van der Waals surface area contributed by atoms with Crippen LogP contribution in [-0.4, -0.2) is 49.0 Å². The van der Waals surface area contributed by atoms with E-state index in [0.717, 1.165) is 29.1 Å². The zero-order valence-corrected chi connectivity index (χ0v) is 16.5. The predicted molar refractivity (Wildman–Crippen MR) is 104 cm³/mol. The van der Waals surface area contributed by atoms with Crippen molar-refractivity contribution in [2.75, 3.05) is 31.1 Å². The highest BCUT2D eigenvalue weighted by Crippen LogP contribution is 2.32. The van der Waals surface area contributed by atoms with Gasteiger partial charge in [-0.1, -0.05) is 5.16 Å². The Bertz CT molecular complexity index is 1010. The van der Waals surface area contributed by atoms with E-state index in [1.54, 1.807) is 34.9 Å². The zero-order chi connectivity index (χ0) is 18.9. The molecule has 0 aliphatic carbocycles. The molecule has 0 bridgehead atoms. The van der Waals surface area contributed by atoms with Crippen LogP contribution in [0.1, 0.15) is 12.0 Å². The number of nitrogens with zero attached hydrogens (tertiary/aromatic N) is 4. The summed E-state index contributed by atoms with van der Waals surface area (Å²) in [7, 11) is -3.52. The van der Waals surface area contributed by atoms with Crippen LogP contribution in [0.5, 0.6) is 0 Å². The summed E-state index contributed by atoms with van der Waals surface area (Å²) in [6, 6.07) is 7.13. The van der Waals surface area contributed by atoms with Gasteiger partial charge in [-0.3, -0.25) is 4.98 Å². The van der Waals surface area contributed by atoms with Crippen LogP contribution in [0, 0.1) is 6.92 Å². The second kappa shape index (κ2) is 7.41. The number of hydrogen-bond acceptors (Lipinski definition) is 7. The molecule has 0 saturated carbocycles. The summed E-state index contributed by atoms with van der Waals surface area (Å²) in [6.07, 6.45) is 5.94. The standard InChI is InChI=1S/C18H20N4O3S2/c1-14-13-19-7-5-15(14)21-9-2-10-22(12-11-21)27(23,24)18-4-3-17(26-18)16-6-8-20-25-16/h3-8,13H,2,9-12H2,1H3. The number of anilines is 1. The molecule has 1 saturated heterocycles. The fraction of sp³-hybridized carbons (Fsp3) is 0.333. The summed E-state index contributed by atoms with van der Waals surface area (Å²) in [4.78, 5) is 7.13. The number of thiophene rings is 1. The van der Waals surface area contributed by atoms with Crippen LogP contribution in [0.25, 0.3) is 10.6 Å². The van der Waals surface area contributed by atoms with Crippen LogP contribution in [0.3, 0.4) is 0 Å². The molecule has 1 aliphatic heterocycles. The summed E-state index contributed by atoms with van der Waals surface area (Å²) in [6.45, 7) is 4.48. The van der Waals surface area contributed by atoms with Gasteiger partial charge < -0.3 is 9.42 Å². The maximum Gasteiger partial charge on any atom is 0.252 e. The van der Waals surface area contributed by atoms with E-state index in [0.29, 0.717) is 29.6 Å². The van der Waals surface area contributed by atoms with Gasteiger partial charge in [0.1, 0.15) is 4.21 Å². The molecule has 0 spiro atoms. The molecule has 1 aliphatic rings. The fourth-order valence-corrected chi connectivity index (χ4v) is 6.14. The highest BCUT2D eigenvalue weighted by atomic mass is 32.2. The zero-order valence-electron chi connectivity index (χ0n) is 14.9. The fourth-order valence-electron chi connectivity index (χ4n) is 3.26. The summed E-state index contributed by atoms with van der Waals surface area (Å²) in [5.41, 5.74) is 2.22. The third kappa shape index (κ3) is 3.62. The predicted octanol–water partition coefficient (Wildman–Crippen LogP) is 3.01. The maximum absolute atomic E-state index is 13.1. The van der Waals surface area contributed by atoms with E-state index in [-0.39, 0.29) is 0 Å². The Morgan fingerprint density at radius 1 is 1.07 bits per heavy atom. The molecule has 9 heteroatoms. The minimum Gasteiger partial charge on any atom is -0.370 e. The molecule has 142 valence electrons. The average Bonchev–Trinajstić information content (AvgIpc) is 3.30. The van der Waals surface area contributed by atoms with Crippen molar-refractivity contribution in [1.82, 2.24) is 14.4 Å². The van der Waals surface area contributed by atoms with Gasteiger partial charge in [-0.2, -0.15) is 4.31 Å². The summed E-state index contributed by atoms with van der Waals surface area (Å²) < 4.78 is 33.2. The number of hydrogen-bond donors (Lipinski definition) is 0. The van der Waals surface area contributed by atoms with Crippen LogP contribution in [0.2, 0.25) is 0 Å². The molecule has 4 rings (SSSR count). The molecule has 0 amide bonds. The van der Waals surface area contributed by atoms with E-state index in [1.807, 2.05) is 19.2 Å². The maximum atomic E-state index is 13.1. The van der Waals surface area contributed by atoms with Crippen LogP contribution < -0.4 is 4.90 Å². The number of aryl methyl sites for hydroxylation is 1. The van der Waals surface area contributed by atoms with Crippen LogP contribution in [0.4, 0.5) is 5.69 Å². The van der Waals surface area contributed by atoms with E-state index < -0.39 is 10.0 Å². The van der Waals surface area contributed by atoms with Gasteiger partial charge in [-0.15, -0.1) is 11.3 Å². The van der Waals surface area contributed by atoms with Crippen LogP contribution in [-0.2, 0) is 10.0 Å². The van der Waals surface area contributed by atoms with Gasteiger partial charge in [0.2, 0.25) is 0 Å². The lowest BCUT2D eigenvalue weighted by molar-refractivity contribution is 0.433. The van der Waals surface area contributed by atoms with Crippen molar-refractivity contribution in [2.45, 2.75) is 17.6 Å². The first kappa shape index (κ1) is 18.1. The summed E-state index contributed by atoms with van der Waals surface area (Å²) >= 11 is 1.21. The molecular formula is C18H20N4O3S2. The van der Waals surface area contributed by atoms with Crippen molar-refractivity contribution in [3.8, 4) is 10.6 Å². The SMILES string of the molecule is Cc1cnccc1N1CCCN(S(=O)(=O)c2ccc(-c3ccno3)s2)CC1. The van der Waals surface area contributed by atoms with Crippen molar-refractivity contribution in [3.05, 3.63) is 48.4 Å². The van der Waals surface area contributed by atoms with E-state index in [9.17, 15) is 8.42 Å². The Morgan fingerprint density at radius 3 is 2.74 bits per heavy atom. The Labute approximate surface area is 162 Å². The first-order valence-corrected chi connectivity index (χ1v) is 11.0. The van der Waals surface area contributed by atoms with Crippen molar-refractivity contribution >= 4 is 27.0 Å². The molecule has 0 unspecified atom stereocenters. The van der Waals surface area contributed by atoms with Gasteiger partial charge >= 0.3 is 0 Å². The Morgan fingerprint density at radius 2 is 1.96 bits per heavy atom. The van der Waals surface area contributed by atoms with E-state index >= 15 is 0 Å². The molecule has 1 fully saturated rings. The first-order valence-electron chi connectivity index (χ1n) is 8.72. The Hall–Kier alpha value is -2.23. The van der Waals surface area contributed by atoms with Crippen molar-refractivity contribution in [3.63, 3.8) is 0 Å². The van der Waals surface area contributed by atoms with Gasteiger partial charge in [0.05, 0.1) is 11.1 Å². The first-order chi connectivity index (χ1) is 13.1. The smallest absolute Gasteiger partial charge is 0.252 e. The van der Waals surface area contributed by atoms with Crippen molar-refractivity contribution in [1.29, 1.82) is 0 Å². The molecule has 27 heavy (non-hydrogen) atoms. The lowest BCUT2D eigenvalue weighted by Crippen LogP contribution is -2.35. The largest absolute Gasteiger partial charge is 0.370 e. The van der Waals surface area contributed by atoms with Gasteiger partial charge in [0.25, 0.3) is 10.0 Å². The van der Waals surface area contributed by atoms with Gasteiger partial charge in [0, 0.05) is 50.3 Å². The molecule has 7 nitrogen and oxygen atoms in total. The summed E-state index contributed by atoms with van der Waals surface area (Å²) in [5, 5.41) is 3.68. The number of rotatable bonds is 4. The third-order valence-corrected chi connectivity index (χ3v) is 8.11. The molecule has 0 atom stereocenters. The Balaban J connectivity index is 1.52. The number of aromatic nitrogens is 2. The number of pyridine rings is 1. The molecule has 0 radical (unpaired) electrons. The summed E-state index contributed by atoms with van der Waals surface area (Å²) in [5.74, 6) is 0.580. The van der Waals surface area contributed by atoms with Crippen molar-refractivity contribution in [2.24, 2.45) is 0 Å². The normalized spacial score (nSPS) is 16.4. The van der Waals surface area contributed by atoms with E-state index in [2.05, 4.69) is 15.0 Å². The molecular weight excluding hydrogens is 384 g/mol. The molecule has 0 aromatic carbocycles. The third-order valence-electron chi connectivity index (χ3n) is 4.64. The quantitative estimate of drug-likeness (QED) is 0.665. The molecule has 0 N–H and O–H groups in total.